The molecule has 0 radical (unpaired) electrons. The Morgan fingerprint density at radius 1 is 1.33 bits per heavy atom. The molecule has 0 saturated carbocycles. The van der Waals surface area contributed by atoms with Gasteiger partial charge in [-0.1, -0.05) is 37.6 Å². The van der Waals surface area contributed by atoms with Crippen LogP contribution in [0.2, 0.25) is 5.02 Å². The van der Waals surface area contributed by atoms with Crippen LogP contribution in [0.3, 0.4) is 0 Å². The van der Waals surface area contributed by atoms with E-state index < -0.39 is 10.0 Å². The standard InChI is InChI=1S/C14H17ClN2O2S2/c1-10(2)9-12(14-16-7-8-20-14)17-21(18,19)13-6-4-3-5-11(13)15/h3-8,10,12,17H,9H2,1-2H3. The number of sulfonamides is 1. The second kappa shape index (κ2) is 6.87. The maximum absolute atomic E-state index is 12.5. The Kier molecular flexibility index (Phi) is 5.37. The van der Waals surface area contributed by atoms with E-state index in [2.05, 4.69) is 9.71 Å². The predicted octanol–water partition coefficient (Wildman–Crippen LogP) is 3.86. The molecule has 0 amide bonds. The van der Waals surface area contributed by atoms with Crippen molar-refractivity contribution < 1.29 is 8.42 Å². The van der Waals surface area contributed by atoms with Gasteiger partial charge in [-0.05, 0) is 24.5 Å². The summed E-state index contributed by atoms with van der Waals surface area (Å²) in [6, 6.07) is 6.08. The molecule has 1 unspecified atom stereocenters. The third-order valence-corrected chi connectivity index (χ3v) is 5.74. The van der Waals surface area contributed by atoms with Crippen LogP contribution >= 0.6 is 22.9 Å². The fourth-order valence-electron chi connectivity index (χ4n) is 1.99. The lowest BCUT2D eigenvalue weighted by atomic mass is 10.1. The van der Waals surface area contributed by atoms with E-state index >= 15 is 0 Å². The van der Waals surface area contributed by atoms with E-state index in [0.29, 0.717) is 12.3 Å². The molecule has 4 nitrogen and oxygen atoms in total. The Bertz CT molecular complexity index is 685. The van der Waals surface area contributed by atoms with Gasteiger partial charge in [0.25, 0.3) is 0 Å². The molecule has 21 heavy (non-hydrogen) atoms. The Morgan fingerprint density at radius 3 is 2.62 bits per heavy atom. The van der Waals surface area contributed by atoms with Gasteiger partial charge in [0, 0.05) is 11.6 Å². The molecular weight excluding hydrogens is 328 g/mol. The highest BCUT2D eigenvalue weighted by Crippen LogP contribution is 2.27. The molecule has 2 aromatic rings. The Hall–Kier alpha value is -0.950. The van der Waals surface area contributed by atoms with E-state index in [1.807, 2.05) is 19.2 Å². The Labute approximate surface area is 134 Å². The number of benzene rings is 1. The number of aromatic nitrogens is 1. The van der Waals surface area contributed by atoms with Crippen LogP contribution in [0.5, 0.6) is 0 Å². The van der Waals surface area contributed by atoms with E-state index in [4.69, 9.17) is 11.6 Å². The van der Waals surface area contributed by atoms with Gasteiger partial charge in [-0.25, -0.2) is 18.1 Å². The second-order valence-electron chi connectivity index (χ2n) is 5.10. The number of hydrogen-bond acceptors (Lipinski definition) is 4. The minimum atomic E-state index is -3.68. The zero-order valence-electron chi connectivity index (χ0n) is 11.8. The minimum Gasteiger partial charge on any atom is -0.248 e. The fraction of sp³-hybridized carbons (Fsp3) is 0.357. The van der Waals surface area contributed by atoms with Gasteiger partial charge < -0.3 is 0 Å². The van der Waals surface area contributed by atoms with Gasteiger partial charge in [0.15, 0.2) is 0 Å². The third-order valence-electron chi connectivity index (χ3n) is 2.88. The van der Waals surface area contributed by atoms with Gasteiger partial charge in [-0.3, -0.25) is 0 Å². The normalized spacial score (nSPS) is 13.5. The summed E-state index contributed by atoms with van der Waals surface area (Å²) >= 11 is 7.43. The lowest BCUT2D eigenvalue weighted by Crippen LogP contribution is -2.29. The summed E-state index contributed by atoms with van der Waals surface area (Å²) in [5.41, 5.74) is 0. The number of rotatable bonds is 6. The van der Waals surface area contributed by atoms with Gasteiger partial charge >= 0.3 is 0 Å². The zero-order valence-corrected chi connectivity index (χ0v) is 14.2. The summed E-state index contributed by atoms with van der Waals surface area (Å²) in [5, 5.41) is 2.82. The van der Waals surface area contributed by atoms with Crippen LogP contribution in [0.1, 0.15) is 31.3 Å². The van der Waals surface area contributed by atoms with Crippen molar-refractivity contribution >= 4 is 33.0 Å². The summed E-state index contributed by atoms with van der Waals surface area (Å²) in [6.45, 7) is 4.09. The average molecular weight is 345 g/mol. The molecule has 2 rings (SSSR count). The molecule has 1 N–H and O–H groups in total. The first-order chi connectivity index (χ1) is 9.90. The molecule has 0 spiro atoms. The lowest BCUT2D eigenvalue weighted by Gasteiger charge is -2.19. The van der Waals surface area contributed by atoms with Crippen molar-refractivity contribution in [2.75, 3.05) is 0 Å². The summed E-state index contributed by atoms with van der Waals surface area (Å²) in [6.07, 6.45) is 2.36. The summed E-state index contributed by atoms with van der Waals surface area (Å²) in [5.74, 6) is 0.341. The monoisotopic (exact) mass is 344 g/mol. The maximum atomic E-state index is 12.5. The molecule has 1 atom stereocenters. The lowest BCUT2D eigenvalue weighted by molar-refractivity contribution is 0.470. The molecule has 0 aliphatic heterocycles. The summed E-state index contributed by atoms with van der Waals surface area (Å²) in [4.78, 5) is 4.32. The molecule has 1 aromatic carbocycles. The molecular formula is C14H17ClN2O2S2. The Balaban J connectivity index is 2.30. The fourth-order valence-corrected chi connectivity index (χ4v) is 4.50. The SMILES string of the molecule is CC(C)CC(NS(=O)(=O)c1ccccc1Cl)c1nccs1. The van der Waals surface area contributed by atoms with Crippen molar-refractivity contribution in [1.82, 2.24) is 9.71 Å². The van der Waals surface area contributed by atoms with Crippen LogP contribution < -0.4 is 4.72 Å². The first kappa shape index (κ1) is 16.4. The summed E-state index contributed by atoms with van der Waals surface area (Å²) < 4.78 is 27.8. The van der Waals surface area contributed by atoms with Crippen molar-refractivity contribution in [3.05, 3.63) is 45.9 Å². The highest BCUT2D eigenvalue weighted by molar-refractivity contribution is 7.89. The van der Waals surface area contributed by atoms with E-state index in [9.17, 15) is 8.42 Å². The minimum absolute atomic E-state index is 0.0944. The molecule has 1 heterocycles. The second-order valence-corrected chi connectivity index (χ2v) is 8.12. The van der Waals surface area contributed by atoms with Gasteiger partial charge in [-0.2, -0.15) is 0 Å². The van der Waals surface area contributed by atoms with Crippen LogP contribution in [0.15, 0.2) is 40.7 Å². The quantitative estimate of drug-likeness (QED) is 0.865. The van der Waals surface area contributed by atoms with Crippen LogP contribution in [-0.4, -0.2) is 13.4 Å². The highest BCUT2D eigenvalue weighted by atomic mass is 35.5. The Morgan fingerprint density at radius 2 is 2.05 bits per heavy atom. The average Bonchev–Trinajstić information content (AvgIpc) is 2.91. The molecule has 0 saturated heterocycles. The molecule has 1 aromatic heterocycles. The number of halogens is 1. The molecule has 0 bridgehead atoms. The largest absolute Gasteiger partial charge is 0.248 e. The van der Waals surface area contributed by atoms with Crippen molar-refractivity contribution in [1.29, 1.82) is 0 Å². The van der Waals surface area contributed by atoms with Crippen LogP contribution in [-0.2, 0) is 10.0 Å². The topological polar surface area (TPSA) is 59.1 Å². The van der Waals surface area contributed by atoms with E-state index in [1.54, 1.807) is 24.4 Å². The van der Waals surface area contributed by atoms with E-state index in [-0.39, 0.29) is 16.0 Å². The summed E-state index contributed by atoms with van der Waals surface area (Å²) in [7, 11) is -3.68. The van der Waals surface area contributed by atoms with Crippen LogP contribution in [0.4, 0.5) is 0 Å². The maximum Gasteiger partial charge on any atom is 0.242 e. The van der Waals surface area contributed by atoms with Gasteiger partial charge in [0.2, 0.25) is 10.0 Å². The zero-order chi connectivity index (χ0) is 15.5. The van der Waals surface area contributed by atoms with Gasteiger partial charge in [0.1, 0.15) is 9.90 Å². The van der Waals surface area contributed by atoms with E-state index in [1.165, 1.54) is 17.4 Å². The van der Waals surface area contributed by atoms with Gasteiger partial charge in [-0.15, -0.1) is 11.3 Å². The van der Waals surface area contributed by atoms with Gasteiger partial charge in [0.05, 0.1) is 11.1 Å². The molecule has 0 aliphatic carbocycles. The predicted molar refractivity (Wildman–Crippen MR) is 86.1 cm³/mol. The number of thiazole rings is 1. The number of nitrogens with zero attached hydrogens (tertiary/aromatic N) is 1. The third kappa shape index (κ3) is 4.26. The molecule has 7 heteroatoms. The van der Waals surface area contributed by atoms with Crippen LogP contribution in [0.25, 0.3) is 0 Å². The van der Waals surface area contributed by atoms with E-state index in [0.717, 1.165) is 5.01 Å². The van der Waals surface area contributed by atoms with Crippen LogP contribution in [0, 0.1) is 5.92 Å². The van der Waals surface area contributed by atoms with Crippen molar-refractivity contribution in [3.8, 4) is 0 Å². The first-order valence-electron chi connectivity index (χ1n) is 6.56. The smallest absolute Gasteiger partial charge is 0.242 e. The van der Waals surface area contributed by atoms with Crippen molar-refractivity contribution in [3.63, 3.8) is 0 Å². The van der Waals surface area contributed by atoms with Crippen molar-refractivity contribution in [2.45, 2.75) is 31.2 Å². The van der Waals surface area contributed by atoms with Crippen molar-refractivity contribution in [2.24, 2.45) is 5.92 Å². The molecule has 114 valence electrons. The highest BCUT2D eigenvalue weighted by Gasteiger charge is 2.25. The number of nitrogens with one attached hydrogen (secondary N) is 1. The molecule has 0 aliphatic rings. The molecule has 0 fully saturated rings. The number of hydrogen-bond donors (Lipinski definition) is 1. The first-order valence-corrected chi connectivity index (χ1v) is 9.30.